The fraction of sp³-hybridized carbons (Fsp3) is 0.385. The minimum absolute atomic E-state index is 0.196. The lowest BCUT2D eigenvalue weighted by Crippen LogP contribution is -2.43. The highest BCUT2D eigenvalue weighted by molar-refractivity contribution is 5.75. The average molecular weight is 290 g/mol. The van der Waals surface area contributed by atoms with E-state index in [-0.39, 0.29) is 6.03 Å². The van der Waals surface area contributed by atoms with Gasteiger partial charge < -0.3 is 14.4 Å². The summed E-state index contributed by atoms with van der Waals surface area (Å²) in [5.74, 6) is 0.760. The van der Waals surface area contributed by atoms with E-state index in [1.165, 1.54) is 9.36 Å². The number of nitrogens with zero attached hydrogens (tertiary/aromatic N) is 5. The Bertz CT molecular complexity index is 619. The van der Waals surface area contributed by atoms with E-state index in [2.05, 4.69) is 10.4 Å². The molecule has 0 N–H and O–H groups in total. The highest BCUT2D eigenvalue weighted by atomic mass is 16.5. The molecule has 1 aromatic heterocycles. The average Bonchev–Trinajstić information content (AvgIpc) is 3.05. The first kappa shape index (κ1) is 13.5. The zero-order valence-electron chi connectivity index (χ0n) is 11.7. The number of rotatable bonds is 2. The third-order valence-corrected chi connectivity index (χ3v) is 3.27. The Hall–Kier alpha value is -2.48. The van der Waals surface area contributed by atoms with Gasteiger partial charge in [0.1, 0.15) is 16.7 Å². The second kappa shape index (κ2) is 5.88. The van der Waals surface area contributed by atoms with E-state index in [0.29, 0.717) is 26.3 Å². The van der Waals surface area contributed by atoms with Crippen LogP contribution in [0.5, 0.6) is 5.75 Å². The van der Waals surface area contributed by atoms with Gasteiger partial charge in [-0.15, -0.1) is 4.68 Å². The van der Waals surface area contributed by atoms with Crippen molar-refractivity contribution in [1.82, 2.24) is 20.0 Å². The summed E-state index contributed by atoms with van der Waals surface area (Å²) in [5, 5.41) is 7.84. The molecule has 2 aromatic rings. The smallest absolute Gasteiger partial charge is 0.420 e. The van der Waals surface area contributed by atoms with Crippen LogP contribution in [0.25, 0.3) is 5.69 Å². The minimum atomic E-state index is -0.196. The first-order valence-electron chi connectivity index (χ1n) is 6.63. The van der Waals surface area contributed by atoms with Gasteiger partial charge in [0, 0.05) is 13.1 Å². The minimum Gasteiger partial charge on any atom is -0.497 e. The van der Waals surface area contributed by atoms with Gasteiger partial charge in [-0.05, 0) is 28.9 Å². The summed E-state index contributed by atoms with van der Waals surface area (Å²) in [6.45, 7) is 2.25. The summed E-state index contributed by atoms with van der Waals surface area (Å²) in [6, 6.07) is 7.14. The molecule has 3 rings (SSSR count). The van der Waals surface area contributed by atoms with E-state index in [0.717, 1.165) is 11.4 Å². The van der Waals surface area contributed by atoms with Crippen LogP contribution in [-0.4, -0.2) is 59.5 Å². The largest absolute Gasteiger partial charge is 0.497 e. The van der Waals surface area contributed by atoms with Crippen LogP contribution in [0, 0.1) is 0 Å². The van der Waals surface area contributed by atoms with Crippen molar-refractivity contribution >= 4 is 6.03 Å². The number of amides is 1. The van der Waals surface area contributed by atoms with Crippen molar-refractivity contribution in [1.29, 1.82) is 0 Å². The number of hydrogen-bond donors (Lipinski definition) is 0. The third kappa shape index (κ3) is 2.84. The Labute approximate surface area is 121 Å². The molecule has 8 nitrogen and oxygen atoms in total. The number of carbonyl (C=O) groups excluding carboxylic acids is 1. The van der Waals surface area contributed by atoms with E-state index in [4.69, 9.17) is 9.47 Å². The van der Waals surface area contributed by atoms with Crippen LogP contribution >= 0.6 is 0 Å². The number of benzene rings is 1. The highest BCUT2D eigenvalue weighted by Gasteiger charge is 2.25. The molecule has 0 radical (unpaired) electrons. The predicted molar refractivity (Wildman–Crippen MR) is 71.3 cm³/mol. The first-order chi connectivity index (χ1) is 10.3. The Balaban J connectivity index is 1.77. The predicted octanol–water partition coefficient (Wildman–Crippen LogP) is -0.136. The fourth-order valence-corrected chi connectivity index (χ4v) is 2.08. The maximum Gasteiger partial charge on any atom is 0.420 e. The fourth-order valence-electron chi connectivity index (χ4n) is 2.08. The van der Waals surface area contributed by atoms with E-state index in [1.54, 1.807) is 18.3 Å². The number of hydrogen-bond acceptors (Lipinski definition) is 5. The lowest BCUT2D eigenvalue weighted by atomic mass is 10.3. The third-order valence-electron chi connectivity index (χ3n) is 3.27. The first-order valence-corrected chi connectivity index (χ1v) is 6.63. The van der Waals surface area contributed by atoms with Gasteiger partial charge in [-0.25, -0.2) is 4.79 Å². The standard InChI is InChI=1S/C13H16N5O3/c1-20-12-4-2-11(3-5-12)17-10-18(15-14-17)13(19)16-6-8-21-9-7-16/h2-5,10H,6-9H2,1H3/q+1. The molecule has 1 aliphatic heterocycles. The van der Waals surface area contributed by atoms with Gasteiger partial charge in [0.15, 0.2) is 5.21 Å². The van der Waals surface area contributed by atoms with Crippen molar-refractivity contribution in [2.24, 2.45) is 0 Å². The number of aromatic nitrogens is 4. The van der Waals surface area contributed by atoms with Crippen LogP contribution in [0.4, 0.5) is 4.79 Å². The molecule has 21 heavy (non-hydrogen) atoms. The number of ether oxygens (including phenoxy) is 2. The highest BCUT2D eigenvalue weighted by Crippen LogP contribution is 2.10. The van der Waals surface area contributed by atoms with Crippen molar-refractivity contribution < 1.29 is 19.0 Å². The zero-order valence-corrected chi connectivity index (χ0v) is 11.7. The monoisotopic (exact) mass is 290 g/mol. The van der Waals surface area contributed by atoms with Crippen LogP contribution in [0.15, 0.2) is 30.6 Å². The molecule has 0 bridgehead atoms. The molecule has 1 aliphatic rings. The summed E-state index contributed by atoms with van der Waals surface area (Å²) in [7, 11) is 1.61. The Kier molecular flexibility index (Phi) is 3.78. The summed E-state index contributed by atoms with van der Waals surface area (Å²) < 4.78 is 13.1. The van der Waals surface area contributed by atoms with E-state index >= 15 is 0 Å². The topological polar surface area (TPSA) is 73.4 Å². The quantitative estimate of drug-likeness (QED) is 0.569. The molecule has 0 unspecified atom stereocenters. The van der Waals surface area contributed by atoms with E-state index in [1.807, 2.05) is 24.3 Å². The molecule has 1 aromatic carbocycles. The van der Waals surface area contributed by atoms with Crippen molar-refractivity contribution in [2.45, 2.75) is 0 Å². The maximum atomic E-state index is 12.2. The number of tetrazole rings is 1. The lowest BCUT2D eigenvalue weighted by Gasteiger charge is -2.23. The molecule has 110 valence electrons. The molecule has 1 amide bonds. The van der Waals surface area contributed by atoms with Gasteiger partial charge in [0.05, 0.1) is 20.3 Å². The van der Waals surface area contributed by atoms with Gasteiger partial charge >= 0.3 is 6.03 Å². The maximum absolute atomic E-state index is 12.2. The molecular formula is C13H16N5O3+. The molecule has 0 saturated carbocycles. The lowest BCUT2D eigenvalue weighted by molar-refractivity contribution is -0.660. The summed E-state index contributed by atoms with van der Waals surface area (Å²) in [5.41, 5.74) is 0.803. The van der Waals surface area contributed by atoms with Crippen molar-refractivity contribution in [3.05, 3.63) is 30.6 Å². The number of morpholine rings is 1. The van der Waals surface area contributed by atoms with Crippen LogP contribution < -0.4 is 9.42 Å². The van der Waals surface area contributed by atoms with Crippen molar-refractivity contribution in [3.63, 3.8) is 0 Å². The van der Waals surface area contributed by atoms with Gasteiger partial charge in [-0.1, -0.05) is 0 Å². The molecule has 1 fully saturated rings. The molecule has 0 spiro atoms. The van der Waals surface area contributed by atoms with Crippen molar-refractivity contribution in [3.8, 4) is 11.4 Å². The Morgan fingerprint density at radius 3 is 2.67 bits per heavy atom. The normalized spacial score (nSPS) is 15.0. The van der Waals surface area contributed by atoms with Crippen LogP contribution in [0.2, 0.25) is 0 Å². The Morgan fingerprint density at radius 1 is 1.29 bits per heavy atom. The summed E-state index contributed by atoms with van der Waals surface area (Å²) in [4.78, 5) is 13.9. The zero-order chi connectivity index (χ0) is 14.7. The van der Waals surface area contributed by atoms with Crippen LogP contribution in [0.1, 0.15) is 0 Å². The molecule has 2 heterocycles. The van der Waals surface area contributed by atoms with Gasteiger partial charge in [0.2, 0.25) is 0 Å². The van der Waals surface area contributed by atoms with Crippen LogP contribution in [-0.2, 0) is 4.74 Å². The molecule has 0 aliphatic carbocycles. The summed E-state index contributed by atoms with van der Waals surface area (Å²) in [6.07, 6.45) is 1.56. The Morgan fingerprint density at radius 2 is 2.00 bits per heavy atom. The SMILES string of the molecule is COc1ccc(-[n+]2cn(C(=O)N3CCOCC3)nn2)cc1. The van der Waals surface area contributed by atoms with Crippen molar-refractivity contribution in [2.75, 3.05) is 33.4 Å². The summed E-state index contributed by atoms with van der Waals surface area (Å²) >= 11 is 0. The van der Waals surface area contributed by atoms with Gasteiger partial charge in [-0.2, -0.15) is 0 Å². The molecular weight excluding hydrogens is 274 g/mol. The molecule has 1 saturated heterocycles. The molecule has 0 atom stereocenters. The van der Waals surface area contributed by atoms with Crippen LogP contribution in [0.3, 0.4) is 0 Å². The second-order valence-corrected chi connectivity index (χ2v) is 4.56. The second-order valence-electron chi connectivity index (χ2n) is 4.56. The molecule has 8 heteroatoms. The number of methoxy groups -OCH3 is 1. The van der Waals surface area contributed by atoms with E-state index < -0.39 is 0 Å². The van der Waals surface area contributed by atoms with E-state index in [9.17, 15) is 4.79 Å². The van der Waals surface area contributed by atoms with Gasteiger partial charge in [-0.3, -0.25) is 0 Å². The van der Waals surface area contributed by atoms with Gasteiger partial charge in [0.25, 0.3) is 6.33 Å². The number of carbonyl (C=O) groups is 1.